The zero-order valence-electron chi connectivity index (χ0n) is 8.90. The van der Waals surface area contributed by atoms with Crippen molar-refractivity contribution in [2.24, 2.45) is 0 Å². The van der Waals surface area contributed by atoms with E-state index in [-0.39, 0.29) is 0 Å². The van der Waals surface area contributed by atoms with Crippen LogP contribution in [0.3, 0.4) is 0 Å². The van der Waals surface area contributed by atoms with Crippen molar-refractivity contribution >= 4 is 0 Å². The van der Waals surface area contributed by atoms with Crippen molar-refractivity contribution in [3.63, 3.8) is 0 Å². The Hall–Kier alpha value is -0.0800. The molecule has 0 amide bonds. The highest BCUT2D eigenvalue weighted by atomic mass is 16.5. The van der Waals surface area contributed by atoms with Gasteiger partial charge in [0.15, 0.2) is 0 Å². The van der Waals surface area contributed by atoms with Crippen LogP contribution in [0, 0.1) is 0 Å². The Morgan fingerprint density at radius 2 is 2.88 bits per heavy atom. The van der Waals surface area contributed by atoms with E-state index in [9.17, 15) is 0 Å². The predicted molar refractivity (Wildman–Crippen MR) is 32.9 cm³/mol. The van der Waals surface area contributed by atoms with E-state index < -0.39 is 19.0 Å². The largest absolute Gasteiger partial charge is 0.373 e. The van der Waals surface area contributed by atoms with Crippen molar-refractivity contribution in [1.29, 1.82) is 0 Å². The molecule has 0 spiro atoms. The minimum atomic E-state index is -2.24. The summed E-state index contributed by atoms with van der Waals surface area (Å²) >= 11 is 0. The van der Waals surface area contributed by atoms with E-state index in [1.54, 1.807) is 0 Å². The Balaban J connectivity index is 2.79. The molecule has 0 aromatic carbocycles. The lowest BCUT2D eigenvalue weighted by molar-refractivity contribution is -0.0384. The molecule has 2 nitrogen and oxygen atoms in total. The first kappa shape index (κ1) is 2.67. The molecule has 1 rings (SSSR count). The SMILES string of the molecule is [2H]C1NCCOC1(C)C([2H])([2H])[2H]. The van der Waals surface area contributed by atoms with Crippen LogP contribution >= 0.6 is 0 Å². The molecule has 0 aliphatic carbocycles. The standard InChI is InChI=1S/C6H13NO/c1-6(2)5-7-3-4-8-6/h7H,3-5H2,1-2H3/i1D3,5D. The first-order valence-electron chi connectivity index (χ1n) is 4.75. The van der Waals surface area contributed by atoms with Crippen molar-refractivity contribution in [2.75, 3.05) is 19.7 Å². The van der Waals surface area contributed by atoms with E-state index in [0.29, 0.717) is 13.2 Å². The highest BCUT2D eigenvalue weighted by Crippen LogP contribution is 2.08. The molecule has 2 atom stereocenters. The lowest BCUT2D eigenvalue weighted by atomic mass is 10.1. The summed E-state index contributed by atoms with van der Waals surface area (Å²) in [5.74, 6) is 0. The molecule has 2 unspecified atom stereocenters. The Bertz CT molecular complexity index is 171. The molecule has 8 heavy (non-hydrogen) atoms. The van der Waals surface area contributed by atoms with Crippen molar-refractivity contribution < 1.29 is 10.2 Å². The fraction of sp³-hybridized carbons (Fsp3) is 1.00. The van der Waals surface area contributed by atoms with Gasteiger partial charge in [0.2, 0.25) is 0 Å². The minimum Gasteiger partial charge on any atom is -0.373 e. The van der Waals surface area contributed by atoms with Gasteiger partial charge in [-0.25, -0.2) is 0 Å². The van der Waals surface area contributed by atoms with Crippen LogP contribution in [0.5, 0.6) is 0 Å². The molecule has 48 valence electrons. The van der Waals surface area contributed by atoms with Gasteiger partial charge in [0, 0.05) is 18.5 Å². The van der Waals surface area contributed by atoms with Gasteiger partial charge in [-0.2, -0.15) is 0 Å². The van der Waals surface area contributed by atoms with Crippen LogP contribution in [0.25, 0.3) is 0 Å². The fourth-order valence-electron chi connectivity index (χ4n) is 0.631. The van der Waals surface area contributed by atoms with Crippen molar-refractivity contribution in [1.82, 2.24) is 5.32 Å². The number of nitrogens with one attached hydrogen (secondary N) is 1. The third-order valence-corrected chi connectivity index (χ3v) is 1.03. The van der Waals surface area contributed by atoms with Crippen LogP contribution in [0.2, 0.25) is 0 Å². The first-order chi connectivity index (χ1) is 5.38. The summed E-state index contributed by atoms with van der Waals surface area (Å²) in [5.41, 5.74) is -1.37. The molecule has 1 aliphatic rings. The summed E-state index contributed by atoms with van der Waals surface area (Å²) in [5, 5.41) is 2.76. The van der Waals surface area contributed by atoms with Crippen LogP contribution < -0.4 is 5.32 Å². The van der Waals surface area contributed by atoms with E-state index in [1.165, 1.54) is 6.92 Å². The smallest absolute Gasteiger partial charge is 0.0750 e. The third-order valence-electron chi connectivity index (χ3n) is 1.03. The zero-order valence-corrected chi connectivity index (χ0v) is 4.90. The number of morpholine rings is 1. The summed E-state index contributed by atoms with van der Waals surface area (Å²) in [4.78, 5) is 0. The average Bonchev–Trinajstić information content (AvgIpc) is 1.93. The normalized spacial score (nSPS) is 57.9. The summed E-state index contributed by atoms with van der Waals surface area (Å²) in [6, 6.07) is 0. The molecule has 0 radical (unpaired) electrons. The topological polar surface area (TPSA) is 21.3 Å². The van der Waals surface area contributed by atoms with Gasteiger partial charge in [0.1, 0.15) is 0 Å². The van der Waals surface area contributed by atoms with Crippen molar-refractivity contribution in [2.45, 2.75) is 19.4 Å². The second-order valence-electron chi connectivity index (χ2n) is 2.05. The van der Waals surface area contributed by atoms with E-state index in [0.717, 1.165) is 0 Å². The van der Waals surface area contributed by atoms with E-state index >= 15 is 0 Å². The van der Waals surface area contributed by atoms with Gasteiger partial charge in [0.05, 0.1) is 12.2 Å². The van der Waals surface area contributed by atoms with Crippen LogP contribution in [-0.4, -0.2) is 25.3 Å². The summed E-state index contributed by atoms with van der Waals surface area (Å²) in [6.45, 7) is -0.778. The molecule has 0 bridgehead atoms. The first-order valence-corrected chi connectivity index (χ1v) is 2.67. The molecule has 0 saturated carbocycles. The predicted octanol–water partition coefficient (Wildman–Crippen LogP) is 0.385. The second kappa shape index (κ2) is 2.03. The molecule has 1 heterocycles. The fourth-order valence-corrected chi connectivity index (χ4v) is 0.631. The molecular weight excluding hydrogens is 102 g/mol. The number of hydrogen-bond acceptors (Lipinski definition) is 2. The van der Waals surface area contributed by atoms with Crippen LogP contribution in [0.4, 0.5) is 0 Å². The van der Waals surface area contributed by atoms with Crippen LogP contribution in [0.15, 0.2) is 0 Å². The summed E-state index contributed by atoms with van der Waals surface area (Å²) < 4.78 is 34.2. The van der Waals surface area contributed by atoms with Gasteiger partial charge >= 0.3 is 0 Å². The Labute approximate surface area is 55.8 Å². The van der Waals surface area contributed by atoms with Gasteiger partial charge in [-0.15, -0.1) is 0 Å². The number of rotatable bonds is 0. The van der Waals surface area contributed by atoms with Gasteiger partial charge < -0.3 is 10.1 Å². The van der Waals surface area contributed by atoms with Gasteiger partial charge in [-0.3, -0.25) is 0 Å². The van der Waals surface area contributed by atoms with Crippen molar-refractivity contribution in [3.05, 3.63) is 0 Å². The lowest BCUT2D eigenvalue weighted by Crippen LogP contribution is -2.45. The monoisotopic (exact) mass is 119 g/mol. The molecule has 0 aromatic rings. The Kier molecular flexibility index (Phi) is 0.679. The number of ether oxygens (including phenoxy) is 1. The van der Waals surface area contributed by atoms with Crippen molar-refractivity contribution in [3.8, 4) is 0 Å². The Morgan fingerprint density at radius 3 is 3.38 bits per heavy atom. The highest BCUT2D eigenvalue weighted by Gasteiger charge is 2.20. The maximum Gasteiger partial charge on any atom is 0.0750 e. The lowest BCUT2D eigenvalue weighted by Gasteiger charge is -2.30. The molecule has 1 saturated heterocycles. The summed E-state index contributed by atoms with van der Waals surface area (Å²) in [7, 11) is 0. The molecule has 1 fully saturated rings. The molecule has 2 heteroatoms. The van der Waals surface area contributed by atoms with E-state index in [2.05, 4.69) is 5.32 Å². The van der Waals surface area contributed by atoms with Gasteiger partial charge in [0.25, 0.3) is 0 Å². The minimum absolute atomic E-state index is 0.351. The molecular formula is C6H13NO. The number of hydrogen-bond donors (Lipinski definition) is 1. The quantitative estimate of drug-likeness (QED) is 0.498. The van der Waals surface area contributed by atoms with E-state index in [1.807, 2.05) is 0 Å². The average molecular weight is 119 g/mol. The summed E-state index contributed by atoms with van der Waals surface area (Å²) in [6.07, 6.45) is 0. The maximum atomic E-state index is 7.49. The maximum absolute atomic E-state index is 7.49. The second-order valence-corrected chi connectivity index (χ2v) is 2.05. The zero-order chi connectivity index (χ0) is 9.41. The van der Waals surface area contributed by atoms with E-state index in [4.69, 9.17) is 10.2 Å². The third kappa shape index (κ3) is 1.46. The molecule has 1 aliphatic heterocycles. The molecule has 0 aromatic heterocycles. The molecule has 1 N–H and O–H groups in total. The van der Waals surface area contributed by atoms with Gasteiger partial charge in [-0.05, 0) is 13.8 Å². The van der Waals surface area contributed by atoms with Crippen LogP contribution in [-0.2, 0) is 4.74 Å². The highest BCUT2D eigenvalue weighted by molar-refractivity contribution is 4.75. The van der Waals surface area contributed by atoms with Gasteiger partial charge in [-0.1, -0.05) is 0 Å². The van der Waals surface area contributed by atoms with Crippen LogP contribution in [0.1, 0.15) is 19.3 Å². The Morgan fingerprint density at radius 1 is 2.00 bits per heavy atom.